The maximum absolute atomic E-state index is 12.7. The molecule has 0 fully saturated rings. The van der Waals surface area contributed by atoms with E-state index in [4.69, 9.17) is 4.74 Å². The van der Waals surface area contributed by atoms with Gasteiger partial charge in [0.15, 0.2) is 0 Å². The summed E-state index contributed by atoms with van der Waals surface area (Å²) in [6.07, 6.45) is 0.599. The summed E-state index contributed by atoms with van der Waals surface area (Å²) in [6, 6.07) is 2.43. The van der Waals surface area contributed by atoms with Crippen molar-refractivity contribution in [1.82, 2.24) is 0 Å². The minimum Gasteiger partial charge on any atom is -0.497 e. The van der Waals surface area contributed by atoms with Crippen LogP contribution in [0, 0.1) is 5.82 Å². The van der Waals surface area contributed by atoms with Gasteiger partial charge in [0, 0.05) is 0 Å². The number of halogens is 4. The van der Waals surface area contributed by atoms with Crippen molar-refractivity contribution in [2.45, 2.75) is 13.3 Å². The Kier molecular flexibility index (Phi) is 7.20. The smallest absolute Gasteiger partial charge is 0.497 e. The molecule has 0 aliphatic carbocycles. The largest absolute Gasteiger partial charge is 1.00 e. The molecular formula is C9H10BF4KO. The van der Waals surface area contributed by atoms with Crippen LogP contribution in [0.15, 0.2) is 18.2 Å². The number of hydrogen-bond acceptors (Lipinski definition) is 1. The summed E-state index contributed by atoms with van der Waals surface area (Å²) in [5, 5.41) is 0. The number of rotatable bonds is 4. The molecule has 1 aromatic rings. The minimum atomic E-state index is -5.24. The van der Waals surface area contributed by atoms with Gasteiger partial charge in [0.25, 0.3) is 0 Å². The van der Waals surface area contributed by atoms with Crippen LogP contribution in [0.5, 0.6) is 5.75 Å². The molecule has 16 heavy (non-hydrogen) atoms. The van der Waals surface area contributed by atoms with Gasteiger partial charge in [-0.05, 0) is 24.6 Å². The molecule has 0 aliphatic heterocycles. The number of benzene rings is 1. The quantitative estimate of drug-likeness (QED) is 0.532. The van der Waals surface area contributed by atoms with Crippen LogP contribution in [0.25, 0.3) is 0 Å². The van der Waals surface area contributed by atoms with E-state index in [9.17, 15) is 17.3 Å². The van der Waals surface area contributed by atoms with E-state index in [0.29, 0.717) is 12.5 Å². The Bertz CT molecular complexity index is 343. The van der Waals surface area contributed by atoms with E-state index in [1.165, 1.54) is 0 Å². The first kappa shape index (κ1) is 16.4. The first-order valence-electron chi connectivity index (χ1n) is 4.57. The Hall–Kier alpha value is 0.441. The fourth-order valence-corrected chi connectivity index (χ4v) is 1.12. The molecule has 0 aliphatic rings. The van der Waals surface area contributed by atoms with Crippen LogP contribution in [0.1, 0.15) is 13.3 Å². The van der Waals surface area contributed by atoms with Crippen LogP contribution in [-0.2, 0) is 0 Å². The van der Waals surface area contributed by atoms with Gasteiger partial charge in [-0.1, -0.05) is 12.4 Å². The van der Waals surface area contributed by atoms with Crippen molar-refractivity contribution in [1.29, 1.82) is 0 Å². The van der Waals surface area contributed by atoms with Crippen LogP contribution < -0.4 is 61.6 Å². The van der Waals surface area contributed by atoms with Crippen molar-refractivity contribution in [3.05, 3.63) is 24.0 Å². The molecule has 0 spiro atoms. The maximum Gasteiger partial charge on any atom is 1.00 e. The summed E-state index contributed by atoms with van der Waals surface area (Å²) >= 11 is 0. The zero-order valence-electron chi connectivity index (χ0n) is 9.14. The zero-order chi connectivity index (χ0) is 11.5. The van der Waals surface area contributed by atoms with Crippen LogP contribution in [0.3, 0.4) is 0 Å². The molecule has 0 saturated carbocycles. The Balaban J connectivity index is 0.00000225. The van der Waals surface area contributed by atoms with E-state index in [2.05, 4.69) is 0 Å². The van der Waals surface area contributed by atoms with E-state index in [0.717, 1.165) is 12.1 Å². The summed E-state index contributed by atoms with van der Waals surface area (Å²) in [5.41, 5.74) is -1.01. The topological polar surface area (TPSA) is 9.23 Å². The SMILES string of the molecule is CCCOc1ccc(F)cc1[B-](F)(F)F.[K+]. The standard InChI is InChI=1S/C9H10BF4O.K/c1-2-5-15-9-4-3-7(11)6-8(9)10(12,13)14;/h3-4,6H,2,5H2,1H3;/q-1;+1. The molecule has 0 N–H and O–H groups in total. The molecule has 0 bridgehead atoms. The third kappa shape index (κ3) is 4.75. The molecule has 84 valence electrons. The van der Waals surface area contributed by atoms with Gasteiger partial charge in [0.2, 0.25) is 0 Å². The van der Waals surface area contributed by atoms with Crippen molar-refractivity contribution in [3.63, 3.8) is 0 Å². The molecule has 0 radical (unpaired) electrons. The third-order valence-electron chi connectivity index (χ3n) is 1.79. The van der Waals surface area contributed by atoms with Crippen molar-refractivity contribution in [2.24, 2.45) is 0 Å². The van der Waals surface area contributed by atoms with Crippen molar-refractivity contribution in [3.8, 4) is 5.75 Å². The Morgan fingerprint density at radius 3 is 2.38 bits per heavy atom. The molecule has 1 nitrogen and oxygen atoms in total. The van der Waals surface area contributed by atoms with Gasteiger partial charge in [-0.15, -0.1) is 0 Å². The van der Waals surface area contributed by atoms with E-state index in [-0.39, 0.29) is 63.7 Å². The zero-order valence-corrected chi connectivity index (χ0v) is 12.3. The van der Waals surface area contributed by atoms with E-state index < -0.39 is 18.3 Å². The Morgan fingerprint density at radius 2 is 1.88 bits per heavy atom. The van der Waals surface area contributed by atoms with Gasteiger partial charge in [-0.25, -0.2) is 4.39 Å². The summed E-state index contributed by atoms with van der Waals surface area (Å²) in [5.74, 6) is -1.21. The van der Waals surface area contributed by atoms with Gasteiger partial charge in [0.05, 0.1) is 12.4 Å². The summed E-state index contributed by atoms with van der Waals surface area (Å²) in [4.78, 5) is 0. The van der Waals surface area contributed by atoms with Crippen molar-refractivity contribution in [2.75, 3.05) is 6.61 Å². The van der Waals surface area contributed by atoms with Gasteiger partial charge in [-0.2, -0.15) is 0 Å². The summed E-state index contributed by atoms with van der Waals surface area (Å²) in [6.45, 7) is -3.27. The predicted molar refractivity (Wildman–Crippen MR) is 50.9 cm³/mol. The second-order valence-electron chi connectivity index (χ2n) is 3.11. The van der Waals surface area contributed by atoms with Crippen molar-refractivity contribution >= 4 is 12.4 Å². The number of ether oxygens (including phenoxy) is 1. The average Bonchev–Trinajstić information content (AvgIpc) is 2.14. The molecule has 0 saturated heterocycles. The second-order valence-corrected chi connectivity index (χ2v) is 3.11. The molecule has 0 unspecified atom stereocenters. The molecule has 1 aromatic carbocycles. The maximum atomic E-state index is 12.7. The molecule has 0 atom stereocenters. The Morgan fingerprint density at radius 1 is 1.25 bits per heavy atom. The average molecular weight is 260 g/mol. The van der Waals surface area contributed by atoms with Crippen LogP contribution in [-0.4, -0.2) is 13.6 Å². The van der Waals surface area contributed by atoms with Crippen LogP contribution in [0.4, 0.5) is 17.3 Å². The van der Waals surface area contributed by atoms with Crippen LogP contribution >= 0.6 is 0 Å². The second kappa shape index (κ2) is 7.00. The van der Waals surface area contributed by atoms with E-state index in [1.54, 1.807) is 6.92 Å². The molecule has 0 aromatic heterocycles. The van der Waals surface area contributed by atoms with E-state index >= 15 is 0 Å². The van der Waals surface area contributed by atoms with Gasteiger partial charge in [-0.3, -0.25) is 0 Å². The normalized spacial score (nSPS) is 10.8. The van der Waals surface area contributed by atoms with Gasteiger partial charge >= 0.3 is 58.4 Å². The fourth-order valence-electron chi connectivity index (χ4n) is 1.12. The fraction of sp³-hybridized carbons (Fsp3) is 0.333. The van der Waals surface area contributed by atoms with E-state index in [1.807, 2.05) is 0 Å². The summed E-state index contributed by atoms with van der Waals surface area (Å²) in [7, 11) is 0. The molecule has 0 heterocycles. The summed E-state index contributed by atoms with van der Waals surface area (Å²) < 4.78 is 55.0. The van der Waals surface area contributed by atoms with Gasteiger partial charge < -0.3 is 17.7 Å². The molecule has 7 heteroatoms. The molecule has 1 rings (SSSR count). The first-order chi connectivity index (χ1) is 6.95. The minimum absolute atomic E-state index is 0. The first-order valence-corrected chi connectivity index (χ1v) is 4.57. The molecular weight excluding hydrogens is 250 g/mol. The monoisotopic (exact) mass is 260 g/mol. The number of hydrogen-bond donors (Lipinski definition) is 0. The van der Waals surface area contributed by atoms with Gasteiger partial charge in [0.1, 0.15) is 5.82 Å². The predicted octanol–water partition coefficient (Wildman–Crippen LogP) is -0.327. The molecule has 0 amide bonds. The Labute approximate surface area is 134 Å². The van der Waals surface area contributed by atoms with Crippen LogP contribution in [0.2, 0.25) is 0 Å². The third-order valence-corrected chi connectivity index (χ3v) is 1.79. The van der Waals surface area contributed by atoms with Crippen molar-refractivity contribution < 1.29 is 73.5 Å².